The topological polar surface area (TPSA) is 39.1 Å². The van der Waals surface area contributed by atoms with Crippen LogP contribution < -0.4 is 0 Å². The number of para-hydroxylation sites is 1. The number of hydrogen-bond acceptors (Lipinski definition) is 2. The minimum absolute atomic E-state index is 0.211. The smallest absolute Gasteiger partial charge is 0.173 e. The largest absolute Gasteiger partial charge is 0.350 e. The van der Waals surface area contributed by atoms with E-state index in [1.54, 1.807) is 60.7 Å². The van der Waals surface area contributed by atoms with Crippen LogP contribution in [0.15, 0.2) is 115 Å². The Balaban J connectivity index is 1.64. The second kappa shape index (κ2) is 10.1. The zero-order chi connectivity index (χ0) is 25.1. The highest BCUT2D eigenvalue weighted by Crippen LogP contribution is 2.38. The van der Waals surface area contributed by atoms with Crippen molar-refractivity contribution in [3.05, 3.63) is 143 Å². The van der Waals surface area contributed by atoms with Gasteiger partial charge in [-0.2, -0.15) is 0 Å². The lowest BCUT2D eigenvalue weighted by Gasteiger charge is -2.23. The molecule has 0 fully saturated rings. The van der Waals surface area contributed by atoms with Crippen LogP contribution in [-0.2, 0) is 7.05 Å². The van der Waals surface area contributed by atoms with Gasteiger partial charge in [0.15, 0.2) is 11.6 Å². The molecule has 0 radical (unpaired) electrons. The molecule has 0 bridgehead atoms. The second-order valence-corrected chi connectivity index (χ2v) is 9.07. The van der Waals surface area contributed by atoms with Gasteiger partial charge >= 0.3 is 0 Å². The Labute approximate surface area is 209 Å². The number of carbonyl (C=O) groups is 2. The van der Waals surface area contributed by atoms with E-state index in [4.69, 9.17) is 0 Å². The molecule has 4 heteroatoms. The monoisotopic (exact) mass is 475 g/mol. The van der Waals surface area contributed by atoms with Gasteiger partial charge < -0.3 is 4.57 Å². The highest BCUT2D eigenvalue weighted by atomic mass is 19.1. The third-order valence-electron chi connectivity index (χ3n) is 6.80. The number of aryl methyl sites for hydroxylation is 1. The van der Waals surface area contributed by atoms with Gasteiger partial charge in [-0.1, -0.05) is 91.0 Å². The summed E-state index contributed by atoms with van der Waals surface area (Å²) in [6, 6.07) is 32.3. The number of Topliss-reactive ketones (excluding diaryl/α,β-unsaturated/α-hetero) is 2. The van der Waals surface area contributed by atoms with E-state index in [9.17, 15) is 14.0 Å². The third kappa shape index (κ3) is 4.63. The average molecular weight is 476 g/mol. The van der Waals surface area contributed by atoms with Crippen LogP contribution in [0.1, 0.15) is 44.2 Å². The number of halogens is 1. The molecule has 0 N–H and O–H groups in total. The van der Waals surface area contributed by atoms with Crippen LogP contribution in [0.4, 0.5) is 4.39 Å². The van der Waals surface area contributed by atoms with Crippen molar-refractivity contribution in [3.8, 4) is 0 Å². The van der Waals surface area contributed by atoms with Gasteiger partial charge in [0, 0.05) is 41.2 Å². The summed E-state index contributed by atoms with van der Waals surface area (Å²) in [4.78, 5) is 27.6. The summed E-state index contributed by atoms with van der Waals surface area (Å²) in [6.45, 7) is 0. The van der Waals surface area contributed by atoms with Crippen molar-refractivity contribution in [2.24, 2.45) is 13.0 Å². The van der Waals surface area contributed by atoms with Crippen LogP contribution in [0.5, 0.6) is 0 Å². The summed E-state index contributed by atoms with van der Waals surface area (Å²) in [7, 11) is 1.98. The molecule has 0 spiro atoms. The zero-order valence-electron chi connectivity index (χ0n) is 20.0. The van der Waals surface area contributed by atoms with E-state index in [2.05, 4.69) is 6.20 Å². The molecule has 3 nitrogen and oxygen atoms in total. The van der Waals surface area contributed by atoms with Gasteiger partial charge in [0.25, 0.3) is 0 Å². The minimum atomic E-state index is -0.899. The molecular formula is C32H26FNO2. The van der Waals surface area contributed by atoms with Crippen LogP contribution in [0.3, 0.4) is 0 Å². The summed E-state index contributed by atoms with van der Waals surface area (Å²) in [5.74, 6) is -1.94. The first kappa shape index (κ1) is 23.4. The van der Waals surface area contributed by atoms with Gasteiger partial charge in [0.05, 0.1) is 5.92 Å². The summed E-state index contributed by atoms with van der Waals surface area (Å²) in [5.41, 5.74) is 3.93. The standard InChI is InChI=1S/C32H26FNO2/c1-34-21-29(26-14-8-9-15-30(26)34)27(22-16-18-25(33)19-17-22)20-28(31(35)23-10-4-2-5-11-23)32(36)24-12-6-3-7-13-24/h2-19,21,27-28H,20H2,1H3/t27-/m1/s1. The Bertz CT molecular complexity index is 1450. The average Bonchev–Trinajstić information content (AvgIpc) is 3.26. The SMILES string of the molecule is Cn1cc([C@H](CC(C(=O)c2ccccc2)C(=O)c2ccccc2)c2ccc(F)cc2)c2ccccc21. The number of fused-ring (bicyclic) bond motifs is 1. The molecule has 0 saturated heterocycles. The van der Waals surface area contributed by atoms with Gasteiger partial charge in [-0.3, -0.25) is 9.59 Å². The van der Waals surface area contributed by atoms with E-state index < -0.39 is 5.92 Å². The van der Waals surface area contributed by atoms with E-state index in [-0.39, 0.29) is 29.7 Å². The lowest BCUT2D eigenvalue weighted by molar-refractivity contribution is 0.0796. The number of carbonyl (C=O) groups excluding carboxylic acids is 2. The van der Waals surface area contributed by atoms with Crippen LogP contribution >= 0.6 is 0 Å². The molecule has 4 aromatic carbocycles. The van der Waals surface area contributed by atoms with Crippen molar-refractivity contribution in [2.45, 2.75) is 12.3 Å². The summed E-state index contributed by atoms with van der Waals surface area (Å²) >= 11 is 0. The Kier molecular flexibility index (Phi) is 6.59. The molecule has 5 rings (SSSR count). The fraction of sp³-hybridized carbons (Fsp3) is 0.125. The summed E-state index contributed by atoms with van der Waals surface area (Å²) in [6.07, 6.45) is 2.32. The normalized spacial score (nSPS) is 12.1. The maximum Gasteiger partial charge on any atom is 0.173 e. The molecule has 0 saturated carbocycles. The van der Waals surface area contributed by atoms with Gasteiger partial charge in [0.1, 0.15) is 5.82 Å². The van der Waals surface area contributed by atoms with Gasteiger partial charge in [0.2, 0.25) is 0 Å². The van der Waals surface area contributed by atoms with Crippen molar-refractivity contribution < 1.29 is 14.0 Å². The first-order valence-electron chi connectivity index (χ1n) is 12.0. The second-order valence-electron chi connectivity index (χ2n) is 9.07. The Hall–Kier alpha value is -4.31. The third-order valence-corrected chi connectivity index (χ3v) is 6.80. The maximum atomic E-state index is 13.9. The van der Waals surface area contributed by atoms with Crippen molar-refractivity contribution in [1.82, 2.24) is 4.57 Å². The number of ketones is 2. The lowest BCUT2D eigenvalue weighted by atomic mass is 9.78. The van der Waals surface area contributed by atoms with E-state index in [0.717, 1.165) is 22.0 Å². The molecule has 0 aliphatic heterocycles. The molecule has 0 aliphatic rings. The molecule has 36 heavy (non-hydrogen) atoms. The van der Waals surface area contributed by atoms with Crippen LogP contribution in [0.25, 0.3) is 10.9 Å². The highest BCUT2D eigenvalue weighted by molar-refractivity contribution is 6.16. The van der Waals surface area contributed by atoms with E-state index in [1.165, 1.54) is 12.1 Å². The minimum Gasteiger partial charge on any atom is -0.350 e. The molecule has 0 unspecified atom stereocenters. The van der Waals surface area contributed by atoms with E-state index in [0.29, 0.717) is 11.1 Å². The highest BCUT2D eigenvalue weighted by Gasteiger charge is 2.33. The van der Waals surface area contributed by atoms with Gasteiger partial charge in [-0.25, -0.2) is 4.39 Å². The van der Waals surface area contributed by atoms with Crippen molar-refractivity contribution in [2.75, 3.05) is 0 Å². The molecule has 0 aliphatic carbocycles. The number of nitrogens with zero attached hydrogens (tertiary/aromatic N) is 1. The predicted molar refractivity (Wildman–Crippen MR) is 141 cm³/mol. The fourth-order valence-electron chi connectivity index (χ4n) is 4.96. The zero-order valence-corrected chi connectivity index (χ0v) is 20.0. The van der Waals surface area contributed by atoms with E-state index >= 15 is 0 Å². The number of rotatable bonds is 8. The Morgan fingerprint density at radius 2 is 1.25 bits per heavy atom. The quantitative estimate of drug-likeness (QED) is 0.176. The number of benzene rings is 4. The molecule has 1 aromatic heterocycles. The van der Waals surface area contributed by atoms with Crippen molar-refractivity contribution in [1.29, 1.82) is 0 Å². The molecule has 0 amide bonds. The maximum absolute atomic E-state index is 13.9. The molecule has 5 aromatic rings. The Morgan fingerprint density at radius 3 is 1.83 bits per heavy atom. The number of aromatic nitrogens is 1. The van der Waals surface area contributed by atoms with Crippen molar-refractivity contribution in [3.63, 3.8) is 0 Å². The summed E-state index contributed by atoms with van der Waals surface area (Å²) < 4.78 is 15.9. The van der Waals surface area contributed by atoms with Gasteiger partial charge in [-0.15, -0.1) is 0 Å². The lowest BCUT2D eigenvalue weighted by Crippen LogP contribution is -2.27. The predicted octanol–water partition coefficient (Wildman–Crippen LogP) is 7.22. The first-order valence-corrected chi connectivity index (χ1v) is 12.0. The summed E-state index contributed by atoms with van der Waals surface area (Å²) in [5, 5.41) is 1.05. The van der Waals surface area contributed by atoms with E-state index in [1.807, 2.05) is 48.0 Å². The molecule has 178 valence electrons. The molecular weight excluding hydrogens is 449 g/mol. The number of hydrogen-bond donors (Lipinski definition) is 0. The molecule has 1 heterocycles. The van der Waals surface area contributed by atoms with Crippen LogP contribution in [0.2, 0.25) is 0 Å². The first-order chi connectivity index (χ1) is 17.5. The van der Waals surface area contributed by atoms with Crippen LogP contribution in [0, 0.1) is 11.7 Å². The fourth-order valence-corrected chi connectivity index (χ4v) is 4.96. The molecule has 1 atom stereocenters. The van der Waals surface area contributed by atoms with Crippen molar-refractivity contribution >= 4 is 22.5 Å². The van der Waals surface area contributed by atoms with Crippen LogP contribution in [-0.4, -0.2) is 16.1 Å². The van der Waals surface area contributed by atoms with Gasteiger partial charge in [-0.05, 0) is 35.7 Å². The Morgan fingerprint density at radius 1 is 0.722 bits per heavy atom.